The van der Waals surface area contributed by atoms with E-state index in [1.807, 2.05) is 48.5 Å². The van der Waals surface area contributed by atoms with Gasteiger partial charge in [0.2, 0.25) is 11.8 Å². The highest BCUT2D eigenvalue weighted by molar-refractivity contribution is 6.10. The quantitative estimate of drug-likeness (QED) is 0.168. The number of anilines is 3. The fraction of sp³-hybridized carbons (Fsp3) is 0. The minimum Gasteiger partial charge on any atom is -0.416 e. The van der Waals surface area contributed by atoms with E-state index >= 15 is 0 Å². The Bertz CT molecular complexity index is 2870. The van der Waals surface area contributed by atoms with Gasteiger partial charge in [-0.25, -0.2) is 0 Å². The predicted octanol–water partition coefficient (Wildman–Crippen LogP) is 12.8. The van der Waals surface area contributed by atoms with Gasteiger partial charge in [-0.1, -0.05) is 103 Å². The molecular formula is C48H32N4O. The zero-order valence-electron chi connectivity index (χ0n) is 28.7. The Hall–Kier alpha value is -7.24. The molecule has 0 bridgehead atoms. The van der Waals surface area contributed by atoms with Crippen molar-refractivity contribution < 1.29 is 4.42 Å². The van der Waals surface area contributed by atoms with Gasteiger partial charge >= 0.3 is 0 Å². The van der Waals surface area contributed by atoms with Gasteiger partial charge in [0.25, 0.3) is 0 Å². The smallest absolute Gasteiger partial charge is 0.248 e. The molecule has 0 spiro atoms. The molecule has 8 aromatic carbocycles. The van der Waals surface area contributed by atoms with Crippen LogP contribution in [0.1, 0.15) is 0 Å². The molecule has 0 atom stereocenters. The molecule has 0 aliphatic carbocycles. The first-order valence-electron chi connectivity index (χ1n) is 17.7. The third-order valence-electron chi connectivity index (χ3n) is 9.96. The lowest BCUT2D eigenvalue weighted by atomic mass is 10.0. The maximum absolute atomic E-state index is 6.03. The van der Waals surface area contributed by atoms with Gasteiger partial charge in [-0.3, -0.25) is 0 Å². The number of rotatable bonds is 7. The Balaban J connectivity index is 0.993. The molecule has 10 rings (SSSR count). The topological polar surface area (TPSA) is 47.1 Å². The van der Waals surface area contributed by atoms with E-state index in [2.05, 4.69) is 165 Å². The number of hydrogen-bond donors (Lipinski definition) is 0. The van der Waals surface area contributed by atoms with Crippen molar-refractivity contribution in [1.29, 1.82) is 0 Å². The van der Waals surface area contributed by atoms with Crippen LogP contribution in [0.3, 0.4) is 0 Å². The largest absolute Gasteiger partial charge is 0.416 e. The van der Waals surface area contributed by atoms with Crippen molar-refractivity contribution in [1.82, 2.24) is 14.8 Å². The number of nitrogens with zero attached hydrogens (tertiary/aromatic N) is 4. The molecule has 10 aromatic rings. The molecule has 5 heteroatoms. The standard InChI is InChI=1S/C48H32N4O/c1-3-12-35(13-4-1)47-49-50-48(53-47)36-22-27-41(28-23-36)51(39-15-5-2-6-16-39)40-25-19-34(20-26-40)38-24-30-46-44(32-38)43-17-9-10-18-45(43)52(46)42-29-21-33-11-7-8-14-37(33)31-42/h1-32H. The fourth-order valence-electron chi connectivity index (χ4n) is 7.36. The van der Waals surface area contributed by atoms with Crippen molar-refractivity contribution in [2.75, 3.05) is 4.90 Å². The average Bonchev–Trinajstić information content (AvgIpc) is 3.86. The van der Waals surface area contributed by atoms with Crippen LogP contribution in [0.15, 0.2) is 199 Å². The number of fused-ring (bicyclic) bond motifs is 4. The summed E-state index contributed by atoms with van der Waals surface area (Å²) in [5, 5.41) is 13.6. The molecule has 0 unspecified atom stereocenters. The molecular weight excluding hydrogens is 649 g/mol. The van der Waals surface area contributed by atoms with E-state index in [0.29, 0.717) is 11.8 Å². The number of para-hydroxylation sites is 2. The molecule has 0 saturated carbocycles. The van der Waals surface area contributed by atoms with Crippen molar-refractivity contribution in [2.45, 2.75) is 0 Å². The lowest BCUT2D eigenvalue weighted by molar-refractivity contribution is 0.584. The van der Waals surface area contributed by atoms with Gasteiger partial charge in [-0.2, -0.15) is 0 Å². The van der Waals surface area contributed by atoms with Crippen molar-refractivity contribution in [3.63, 3.8) is 0 Å². The molecule has 0 aliphatic heterocycles. The maximum Gasteiger partial charge on any atom is 0.248 e. The predicted molar refractivity (Wildman–Crippen MR) is 217 cm³/mol. The van der Waals surface area contributed by atoms with E-state index in [-0.39, 0.29) is 0 Å². The van der Waals surface area contributed by atoms with Crippen LogP contribution in [0, 0.1) is 0 Å². The second-order valence-corrected chi connectivity index (χ2v) is 13.2. The van der Waals surface area contributed by atoms with Crippen molar-refractivity contribution in [2.24, 2.45) is 0 Å². The maximum atomic E-state index is 6.03. The van der Waals surface area contributed by atoms with Gasteiger partial charge in [-0.05, 0) is 113 Å². The minimum atomic E-state index is 0.489. The molecule has 250 valence electrons. The van der Waals surface area contributed by atoms with Crippen molar-refractivity contribution in [3.8, 4) is 39.7 Å². The molecule has 0 amide bonds. The Morgan fingerprint density at radius 2 is 0.925 bits per heavy atom. The summed E-state index contributed by atoms with van der Waals surface area (Å²) < 4.78 is 8.42. The first-order chi connectivity index (χ1) is 26.3. The molecule has 0 fully saturated rings. The Morgan fingerprint density at radius 1 is 0.377 bits per heavy atom. The lowest BCUT2D eigenvalue weighted by Crippen LogP contribution is -2.09. The van der Waals surface area contributed by atoms with Gasteiger partial charge in [0.15, 0.2) is 0 Å². The third-order valence-corrected chi connectivity index (χ3v) is 9.96. The average molecular weight is 681 g/mol. The summed E-state index contributed by atoms with van der Waals surface area (Å²) in [5.74, 6) is 0.994. The van der Waals surface area contributed by atoms with Crippen LogP contribution in [-0.4, -0.2) is 14.8 Å². The highest BCUT2D eigenvalue weighted by atomic mass is 16.4. The van der Waals surface area contributed by atoms with Gasteiger partial charge in [0.1, 0.15) is 0 Å². The molecule has 2 heterocycles. The highest BCUT2D eigenvalue weighted by Crippen LogP contribution is 2.39. The first-order valence-corrected chi connectivity index (χ1v) is 17.7. The number of hydrogen-bond acceptors (Lipinski definition) is 4. The van der Waals surface area contributed by atoms with E-state index in [4.69, 9.17) is 4.42 Å². The normalized spacial score (nSPS) is 11.4. The summed E-state index contributed by atoms with van der Waals surface area (Å²) in [5.41, 5.74) is 10.8. The number of aromatic nitrogens is 3. The van der Waals surface area contributed by atoms with Crippen LogP contribution >= 0.6 is 0 Å². The molecule has 2 aromatic heterocycles. The monoisotopic (exact) mass is 680 g/mol. The van der Waals surface area contributed by atoms with Crippen LogP contribution in [0.4, 0.5) is 17.1 Å². The SMILES string of the molecule is c1ccc(-c2nnc(-c3ccc(N(c4ccccc4)c4ccc(-c5ccc6c(c5)c5ccccc5n6-c5ccc6ccccc6c5)cc4)cc3)o2)cc1. The molecule has 0 N–H and O–H groups in total. The Morgan fingerprint density at radius 3 is 1.66 bits per heavy atom. The van der Waals surface area contributed by atoms with E-state index in [0.717, 1.165) is 39.4 Å². The number of benzene rings is 8. The first kappa shape index (κ1) is 30.6. The zero-order chi connectivity index (χ0) is 35.1. The molecule has 53 heavy (non-hydrogen) atoms. The molecule has 0 radical (unpaired) electrons. The van der Waals surface area contributed by atoms with Crippen LogP contribution in [0.25, 0.3) is 72.3 Å². The van der Waals surface area contributed by atoms with E-state index in [9.17, 15) is 0 Å². The molecule has 0 saturated heterocycles. The lowest BCUT2D eigenvalue weighted by Gasteiger charge is -2.25. The van der Waals surface area contributed by atoms with E-state index < -0.39 is 0 Å². The summed E-state index contributed by atoms with van der Waals surface area (Å²) in [4.78, 5) is 2.26. The summed E-state index contributed by atoms with van der Waals surface area (Å²) in [6, 6.07) is 68.1. The Labute approximate surface area is 306 Å². The molecule has 5 nitrogen and oxygen atoms in total. The molecule has 0 aliphatic rings. The van der Waals surface area contributed by atoms with E-state index in [1.165, 1.54) is 38.1 Å². The van der Waals surface area contributed by atoms with Crippen LogP contribution in [-0.2, 0) is 0 Å². The van der Waals surface area contributed by atoms with Crippen molar-refractivity contribution in [3.05, 3.63) is 194 Å². The zero-order valence-corrected chi connectivity index (χ0v) is 28.7. The van der Waals surface area contributed by atoms with Crippen molar-refractivity contribution >= 4 is 49.6 Å². The summed E-state index contributed by atoms with van der Waals surface area (Å²) in [6.45, 7) is 0. The fourth-order valence-corrected chi connectivity index (χ4v) is 7.36. The third kappa shape index (κ3) is 5.52. The van der Waals surface area contributed by atoms with Crippen LogP contribution in [0.5, 0.6) is 0 Å². The summed E-state index contributed by atoms with van der Waals surface area (Å²) >= 11 is 0. The van der Waals surface area contributed by atoms with E-state index in [1.54, 1.807) is 0 Å². The van der Waals surface area contributed by atoms with Gasteiger partial charge in [-0.15, -0.1) is 10.2 Å². The second-order valence-electron chi connectivity index (χ2n) is 13.2. The van der Waals surface area contributed by atoms with Crippen LogP contribution < -0.4 is 4.90 Å². The highest BCUT2D eigenvalue weighted by Gasteiger charge is 2.17. The van der Waals surface area contributed by atoms with Gasteiger partial charge < -0.3 is 13.9 Å². The Kier molecular flexibility index (Phi) is 7.40. The van der Waals surface area contributed by atoms with Gasteiger partial charge in [0.05, 0.1) is 11.0 Å². The summed E-state index contributed by atoms with van der Waals surface area (Å²) in [7, 11) is 0. The van der Waals surface area contributed by atoms with Gasteiger partial charge in [0, 0.05) is 44.6 Å². The van der Waals surface area contributed by atoms with Crippen LogP contribution in [0.2, 0.25) is 0 Å². The second kappa shape index (κ2) is 12.8. The summed E-state index contributed by atoms with van der Waals surface area (Å²) in [6.07, 6.45) is 0. The minimum absolute atomic E-state index is 0.489.